The number of aromatic nitrogens is 1. The van der Waals surface area contributed by atoms with E-state index >= 15 is 0 Å². The van der Waals surface area contributed by atoms with Crippen LogP contribution in [0.4, 0.5) is 0 Å². The molecule has 5 heteroatoms. The molecule has 0 radical (unpaired) electrons. The summed E-state index contributed by atoms with van der Waals surface area (Å²) in [6, 6.07) is 0. The molecule has 0 atom stereocenters. The molecule has 1 aromatic heterocycles. The summed E-state index contributed by atoms with van der Waals surface area (Å²) in [4.78, 5) is 9.25. The third-order valence-corrected chi connectivity index (χ3v) is 3.78. The summed E-state index contributed by atoms with van der Waals surface area (Å²) >= 11 is 1.76. The van der Waals surface area contributed by atoms with E-state index in [-0.39, 0.29) is 0 Å². The van der Waals surface area contributed by atoms with Crippen LogP contribution in [0.2, 0.25) is 0 Å². The van der Waals surface area contributed by atoms with Gasteiger partial charge in [-0.25, -0.2) is 4.98 Å². The molecule has 19 heavy (non-hydrogen) atoms. The van der Waals surface area contributed by atoms with Crippen LogP contribution in [-0.4, -0.2) is 55.6 Å². The predicted molar refractivity (Wildman–Crippen MR) is 83.6 cm³/mol. The lowest BCUT2D eigenvalue weighted by Gasteiger charge is -2.16. The second kappa shape index (κ2) is 9.42. The highest BCUT2D eigenvalue weighted by Crippen LogP contribution is 2.11. The van der Waals surface area contributed by atoms with Crippen LogP contribution in [0, 0.1) is 0 Å². The van der Waals surface area contributed by atoms with Crippen molar-refractivity contribution in [3.63, 3.8) is 0 Å². The molecule has 0 aliphatic heterocycles. The smallest absolute Gasteiger partial charge is 0.107 e. The van der Waals surface area contributed by atoms with Crippen molar-refractivity contribution < 1.29 is 0 Å². The quantitative estimate of drug-likeness (QED) is 0.666. The zero-order chi connectivity index (χ0) is 14.1. The van der Waals surface area contributed by atoms with Crippen molar-refractivity contribution in [2.45, 2.75) is 32.9 Å². The number of rotatable bonds is 10. The first-order valence-electron chi connectivity index (χ1n) is 7.09. The fourth-order valence-electron chi connectivity index (χ4n) is 1.89. The molecule has 4 nitrogen and oxygen atoms in total. The molecular weight excluding hydrogens is 256 g/mol. The van der Waals surface area contributed by atoms with Gasteiger partial charge in [-0.2, -0.15) is 0 Å². The maximum Gasteiger partial charge on any atom is 0.107 e. The average Bonchev–Trinajstić information content (AvgIpc) is 2.76. The molecule has 0 aliphatic carbocycles. The SMILES string of the molecule is CCCNCc1nc(CN(C)CCCN(C)C)cs1. The first kappa shape index (κ1) is 16.6. The van der Waals surface area contributed by atoms with Gasteiger partial charge >= 0.3 is 0 Å². The molecule has 110 valence electrons. The van der Waals surface area contributed by atoms with Crippen molar-refractivity contribution in [3.05, 3.63) is 16.1 Å². The van der Waals surface area contributed by atoms with E-state index in [1.54, 1.807) is 11.3 Å². The summed E-state index contributed by atoms with van der Waals surface area (Å²) in [5.41, 5.74) is 1.20. The standard InChI is InChI=1S/C14H28N4S/c1-5-7-15-10-14-16-13(12-19-14)11-18(4)9-6-8-17(2)3/h12,15H,5-11H2,1-4H3. The highest BCUT2D eigenvalue weighted by molar-refractivity contribution is 7.09. The van der Waals surface area contributed by atoms with Crippen LogP contribution in [-0.2, 0) is 13.1 Å². The number of nitrogens with zero attached hydrogens (tertiary/aromatic N) is 3. The second-order valence-electron chi connectivity index (χ2n) is 5.30. The molecule has 1 heterocycles. The van der Waals surface area contributed by atoms with Gasteiger partial charge in [-0.15, -0.1) is 11.3 Å². The van der Waals surface area contributed by atoms with E-state index < -0.39 is 0 Å². The third-order valence-electron chi connectivity index (χ3n) is 2.88. The summed E-state index contributed by atoms with van der Waals surface area (Å²) in [6.45, 7) is 7.38. The van der Waals surface area contributed by atoms with E-state index in [4.69, 9.17) is 0 Å². The summed E-state index contributed by atoms with van der Waals surface area (Å²) in [5, 5.41) is 6.78. The predicted octanol–water partition coefficient (Wildman–Crippen LogP) is 2.03. The van der Waals surface area contributed by atoms with Gasteiger partial charge in [-0.05, 0) is 53.6 Å². The van der Waals surface area contributed by atoms with E-state index in [9.17, 15) is 0 Å². The van der Waals surface area contributed by atoms with Crippen LogP contribution in [0.15, 0.2) is 5.38 Å². The minimum absolute atomic E-state index is 0.906. The lowest BCUT2D eigenvalue weighted by Crippen LogP contribution is -2.23. The Kier molecular flexibility index (Phi) is 8.21. The summed E-state index contributed by atoms with van der Waals surface area (Å²) in [7, 11) is 6.41. The van der Waals surface area contributed by atoms with Crippen molar-refractivity contribution in [1.29, 1.82) is 0 Å². The Morgan fingerprint density at radius 3 is 2.74 bits per heavy atom. The number of thiazole rings is 1. The van der Waals surface area contributed by atoms with Gasteiger partial charge < -0.3 is 15.1 Å². The highest BCUT2D eigenvalue weighted by atomic mass is 32.1. The Hall–Kier alpha value is -0.490. The van der Waals surface area contributed by atoms with Crippen molar-refractivity contribution in [2.75, 3.05) is 40.8 Å². The van der Waals surface area contributed by atoms with E-state index in [0.29, 0.717) is 0 Å². The maximum absolute atomic E-state index is 4.67. The van der Waals surface area contributed by atoms with E-state index in [1.165, 1.54) is 23.5 Å². The maximum atomic E-state index is 4.67. The summed E-state index contributed by atoms with van der Waals surface area (Å²) in [5.74, 6) is 0. The van der Waals surface area contributed by atoms with Gasteiger partial charge in [0.25, 0.3) is 0 Å². The van der Waals surface area contributed by atoms with Crippen molar-refractivity contribution in [3.8, 4) is 0 Å². The van der Waals surface area contributed by atoms with Gasteiger partial charge in [0.1, 0.15) is 5.01 Å². The Labute approximate surface area is 121 Å². The van der Waals surface area contributed by atoms with Crippen LogP contribution in [0.25, 0.3) is 0 Å². The van der Waals surface area contributed by atoms with Crippen LogP contribution < -0.4 is 5.32 Å². The molecular formula is C14H28N4S. The minimum atomic E-state index is 0.906. The molecule has 0 aromatic carbocycles. The lowest BCUT2D eigenvalue weighted by molar-refractivity contribution is 0.292. The van der Waals surface area contributed by atoms with Crippen LogP contribution >= 0.6 is 11.3 Å². The number of nitrogens with one attached hydrogen (secondary N) is 1. The normalized spacial score (nSPS) is 11.7. The van der Waals surface area contributed by atoms with E-state index in [2.05, 4.69) is 53.5 Å². The van der Waals surface area contributed by atoms with Gasteiger partial charge in [0.2, 0.25) is 0 Å². The Bertz CT molecular complexity index is 338. The van der Waals surface area contributed by atoms with Crippen LogP contribution in [0.1, 0.15) is 30.5 Å². The van der Waals surface area contributed by atoms with E-state index in [1.807, 2.05) is 0 Å². The fraction of sp³-hybridized carbons (Fsp3) is 0.786. The third kappa shape index (κ3) is 7.62. The van der Waals surface area contributed by atoms with Gasteiger partial charge in [0, 0.05) is 18.5 Å². The molecule has 0 amide bonds. The zero-order valence-electron chi connectivity index (χ0n) is 12.8. The van der Waals surface area contributed by atoms with Crippen molar-refractivity contribution >= 4 is 11.3 Å². The summed E-state index contributed by atoms with van der Waals surface area (Å²) in [6.07, 6.45) is 2.38. The Morgan fingerprint density at radius 1 is 1.26 bits per heavy atom. The molecule has 1 N–H and O–H groups in total. The largest absolute Gasteiger partial charge is 0.310 e. The lowest BCUT2D eigenvalue weighted by atomic mass is 10.3. The second-order valence-corrected chi connectivity index (χ2v) is 6.25. The van der Waals surface area contributed by atoms with Gasteiger partial charge in [-0.1, -0.05) is 6.92 Å². The summed E-state index contributed by atoms with van der Waals surface area (Å²) < 4.78 is 0. The first-order chi connectivity index (χ1) is 9.11. The van der Waals surface area contributed by atoms with E-state index in [0.717, 1.165) is 32.7 Å². The molecule has 0 aliphatic rings. The molecule has 0 saturated carbocycles. The van der Waals surface area contributed by atoms with Gasteiger partial charge in [0.05, 0.1) is 5.69 Å². The number of hydrogen-bond acceptors (Lipinski definition) is 5. The topological polar surface area (TPSA) is 31.4 Å². The molecule has 0 fully saturated rings. The van der Waals surface area contributed by atoms with Crippen molar-refractivity contribution in [1.82, 2.24) is 20.1 Å². The van der Waals surface area contributed by atoms with Crippen LogP contribution in [0.5, 0.6) is 0 Å². The molecule has 0 bridgehead atoms. The monoisotopic (exact) mass is 284 g/mol. The Morgan fingerprint density at radius 2 is 2.05 bits per heavy atom. The van der Waals surface area contributed by atoms with Crippen LogP contribution in [0.3, 0.4) is 0 Å². The average molecular weight is 284 g/mol. The molecule has 0 spiro atoms. The fourth-order valence-corrected chi connectivity index (χ4v) is 2.64. The molecule has 1 rings (SSSR count). The molecule has 1 aromatic rings. The molecule has 0 saturated heterocycles. The first-order valence-corrected chi connectivity index (χ1v) is 7.97. The zero-order valence-corrected chi connectivity index (χ0v) is 13.6. The van der Waals surface area contributed by atoms with Gasteiger partial charge in [0.15, 0.2) is 0 Å². The Balaban J connectivity index is 2.24. The minimum Gasteiger partial charge on any atom is -0.310 e. The molecule has 0 unspecified atom stereocenters. The highest BCUT2D eigenvalue weighted by Gasteiger charge is 2.05. The van der Waals surface area contributed by atoms with Gasteiger partial charge in [-0.3, -0.25) is 0 Å². The van der Waals surface area contributed by atoms with Crippen molar-refractivity contribution in [2.24, 2.45) is 0 Å². The number of hydrogen-bond donors (Lipinski definition) is 1.